The van der Waals surface area contributed by atoms with Crippen LogP contribution in [0.2, 0.25) is 5.02 Å². The highest BCUT2D eigenvalue weighted by Gasteiger charge is 2.16. The molecule has 0 bridgehead atoms. The van der Waals surface area contributed by atoms with Crippen molar-refractivity contribution in [1.82, 2.24) is 0 Å². The number of nitrogens with two attached hydrogens (primary N) is 1. The van der Waals surface area contributed by atoms with E-state index >= 15 is 0 Å². The molecular formula is C10H8BrClFNO. The van der Waals surface area contributed by atoms with E-state index in [2.05, 4.69) is 15.9 Å². The first kappa shape index (κ1) is 10.9. The van der Waals surface area contributed by atoms with Crippen molar-refractivity contribution in [3.05, 3.63) is 33.2 Å². The molecule has 0 aliphatic carbocycles. The van der Waals surface area contributed by atoms with Gasteiger partial charge in [-0.2, -0.15) is 0 Å². The van der Waals surface area contributed by atoms with Gasteiger partial charge in [-0.3, -0.25) is 0 Å². The van der Waals surface area contributed by atoms with Crippen LogP contribution >= 0.6 is 27.5 Å². The lowest BCUT2D eigenvalue weighted by Gasteiger charge is -2.00. The van der Waals surface area contributed by atoms with Gasteiger partial charge in [0.1, 0.15) is 0 Å². The predicted molar refractivity (Wildman–Crippen MR) is 61.6 cm³/mol. The van der Waals surface area contributed by atoms with Crippen molar-refractivity contribution in [2.75, 3.05) is 6.54 Å². The van der Waals surface area contributed by atoms with Gasteiger partial charge in [0, 0.05) is 5.56 Å². The van der Waals surface area contributed by atoms with Gasteiger partial charge in [0.05, 0.1) is 21.1 Å². The van der Waals surface area contributed by atoms with Gasteiger partial charge in [-0.25, -0.2) is 4.39 Å². The average molecular weight is 293 g/mol. The molecule has 2 rings (SSSR count). The summed E-state index contributed by atoms with van der Waals surface area (Å²) >= 11 is 9.01. The van der Waals surface area contributed by atoms with Crippen LogP contribution in [-0.4, -0.2) is 6.54 Å². The van der Waals surface area contributed by atoms with Gasteiger partial charge >= 0.3 is 0 Å². The summed E-state index contributed by atoms with van der Waals surface area (Å²) in [5.41, 5.74) is 6.64. The van der Waals surface area contributed by atoms with Crippen LogP contribution < -0.4 is 5.73 Å². The lowest BCUT2D eigenvalue weighted by atomic mass is 10.1. The molecule has 0 saturated carbocycles. The first-order chi connectivity index (χ1) is 7.15. The van der Waals surface area contributed by atoms with Gasteiger partial charge < -0.3 is 10.2 Å². The SMILES string of the molecule is NCCc1coc2c(Br)cc(Cl)c(F)c12. The Hall–Kier alpha value is -0.580. The Morgan fingerprint density at radius 1 is 1.53 bits per heavy atom. The van der Waals surface area contributed by atoms with E-state index in [1.807, 2.05) is 0 Å². The molecule has 1 aromatic carbocycles. The van der Waals surface area contributed by atoms with Crippen LogP contribution in [0.3, 0.4) is 0 Å². The van der Waals surface area contributed by atoms with Gasteiger partial charge in [0.2, 0.25) is 0 Å². The molecule has 80 valence electrons. The summed E-state index contributed by atoms with van der Waals surface area (Å²) in [5.74, 6) is -0.452. The minimum absolute atomic E-state index is 0.0778. The monoisotopic (exact) mass is 291 g/mol. The second kappa shape index (κ2) is 4.12. The van der Waals surface area contributed by atoms with Gasteiger partial charge in [0.15, 0.2) is 11.4 Å². The van der Waals surface area contributed by atoms with E-state index in [4.69, 9.17) is 21.8 Å². The zero-order valence-electron chi connectivity index (χ0n) is 7.69. The van der Waals surface area contributed by atoms with Crippen molar-refractivity contribution in [2.45, 2.75) is 6.42 Å². The van der Waals surface area contributed by atoms with Crippen molar-refractivity contribution < 1.29 is 8.81 Å². The molecule has 5 heteroatoms. The maximum absolute atomic E-state index is 13.7. The third-order valence-corrected chi connectivity index (χ3v) is 3.04. The number of fused-ring (bicyclic) bond motifs is 1. The summed E-state index contributed by atoms with van der Waals surface area (Å²) in [5, 5.41) is 0.494. The molecule has 0 fully saturated rings. The number of benzene rings is 1. The molecule has 2 N–H and O–H groups in total. The van der Waals surface area contributed by atoms with Crippen LogP contribution in [0.25, 0.3) is 11.0 Å². The summed E-state index contributed by atoms with van der Waals surface area (Å²) in [4.78, 5) is 0. The molecule has 1 heterocycles. The van der Waals surface area contributed by atoms with E-state index in [0.29, 0.717) is 28.4 Å². The number of hydrogen-bond donors (Lipinski definition) is 1. The lowest BCUT2D eigenvalue weighted by molar-refractivity contribution is 0.605. The summed E-state index contributed by atoms with van der Waals surface area (Å²) in [6, 6.07) is 1.48. The molecule has 1 aromatic heterocycles. The predicted octanol–water partition coefficient (Wildman–Crippen LogP) is 3.49. The van der Waals surface area contributed by atoms with Crippen molar-refractivity contribution >= 4 is 38.5 Å². The summed E-state index contributed by atoms with van der Waals surface area (Å²) in [7, 11) is 0. The molecule has 0 unspecified atom stereocenters. The molecule has 0 saturated heterocycles. The molecule has 0 aliphatic heterocycles. The Morgan fingerprint density at radius 2 is 2.27 bits per heavy atom. The van der Waals surface area contributed by atoms with Crippen LogP contribution in [0.1, 0.15) is 5.56 Å². The van der Waals surface area contributed by atoms with Gasteiger partial charge in [-0.15, -0.1) is 0 Å². The summed E-state index contributed by atoms with van der Waals surface area (Å²) < 4.78 is 19.7. The van der Waals surface area contributed by atoms with Crippen LogP contribution in [0, 0.1) is 5.82 Å². The maximum atomic E-state index is 13.7. The number of rotatable bonds is 2. The van der Waals surface area contributed by atoms with Crippen molar-refractivity contribution in [3.8, 4) is 0 Å². The fourth-order valence-electron chi connectivity index (χ4n) is 1.51. The normalized spacial score (nSPS) is 11.2. The van der Waals surface area contributed by atoms with E-state index in [0.717, 1.165) is 5.56 Å². The molecular weight excluding hydrogens is 284 g/mol. The Kier molecular flexibility index (Phi) is 3.00. The standard InChI is InChI=1S/C10H8BrClFNO/c11-6-3-7(12)9(13)8-5(1-2-14)4-15-10(6)8/h3-4H,1-2,14H2. The number of furan rings is 1. The summed E-state index contributed by atoms with van der Waals surface area (Å²) in [6.45, 7) is 0.443. The smallest absolute Gasteiger partial charge is 0.153 e. The Bertz CT molecular complexity index is 512. The summed E-state index contributed by atoms with van der Waals surface area (Å²) in [6.07, 6.45) is 2.08. The molecule has 2 nitrogen and oxygen atoms in total. The van der Waals surface area contributed by atoms with Crippen LogP contribution in [0.5, 0.6) is 0 Å². The van der Waals surface area contributed by atoms with Crippen LogP contribution in [0.4, 0.5) is 4.39 Å². The topological polar surface area (TPSA) is 39.2 Å². The minimum atomic E-state index is -0.452. The van der Waals surface area contributed by atoms with Gasteiger partial charge in [0.25, 0.3) is 0 Å². The highest BCUT2D eigenvalue weighted by Crippen LogP contribution is 2.34. The fourth-order valence-corrected chi connectivity index (χ4v) is 2.37. The lowest BCUT2D eigenvalue weighted by Crippen LogP contribution is -2.02. The quantitative estimate of drug-likeness (QED) is 0.861. The highest BCUT2D eigenvalue weighted by atomic mass is 79.9. The molecule has 0 radical (unpaired) electrons. The van der Waals surface area contributed by atoms with E-state index < -0.39 is 5.82 Å². The first-order valence-corrected chi connectivity index (χ1v) is 5.56. The zero-order valence-corrected chi connectivity index (χ0v) is 10.0. The van der Waals surface area contributed by atoms with Crippen molar-refractivity contribution in [3.63, 3.8) is 0 Å². The van der Waals surface area contributed by atoms with Crippen molar-refractivity contribution in [2.24, 2.45) is 5.73 Å². The third kappa shape index (κ3) is 1.77. The van der Waals surface area contributed by atoms with Crippen molar-refractivity contribution in [1.29, 1.82) is 0 Å². The maximum Gasteiger partial charge on any atom is 0.153 e. The number of halogens is 3. The largest absolute Gasteiger partial charge is 0.463 e. The minimum Gasteiger partial charge on any atom is -0.463 e. The second-order valence-corrected chi connectivity index (χ2v) is 4.42. The third-order valence-electron chi connectivity index (χ3n) is 2.18. The van der Waals surface area contributed by atoms with E-state index in [1.165, 1.54) is 12.3 Å². The Labute approximate surface area is 99.3 Å². The molecule has 0 aliphatic rings. The van der Waals surface area contributed by atoms with Crippen LogP contribution in [-0.2, 0) is 6.42 Å². The fraction of sp³-hybridized carbons (Fsp3) is 0.200. The molecule has 0 spiro atoms. The van der Waals surface area contributed by atoms with E-state index in [-0.39, 0.29) is 5.02 Å². The van der Waals surface area contributed by atoms with Gasteiger partial charge in [-0.1, -0.05) is 11.6 Å². The second-order valence-electron chi connectivity index (χ2n) is 3.16. The highest BCUT2D eigenvalue weighted by molar-refractivity contribution is 9.10. The average Bonchev–Trinajstić information content (AvgIpc) is 2.60. The molecule has 0 atom stereocenters. The van der Waals surface area contributed by atoms with Crippen LogP contribution in [0.15, 0.2) is 21.2 Å². The Morgan fingerprint density at radius 3 is 2.93 bits per heavy atom. The molecule has 2 aromatic rings. The molecule has 15 heavy (non-hydrogen) atoms. The molecule has 0 amide bonds. The van der Waals surface area contributed by atoms with E-state index in [1.54, 1.807) is 0 Å². The van der Waals surface area contributed by atoms with Gasteiger partial charge in [-0.05, 0) is 35.0 Å². The Balaban J connectivity index is 2.77. The zero-order chi connectivity index (χ0) is 11.0. The number of hydrogen-bond acceptors (Lipinski definition) is 2. The van der Waals surface area contributed by atoms with E-state index in [9.17, 15) is 4.39 Å². The first-order valence-electron chi connectivity index (χ1n) is 4.38.